The van der Waals surface area contributed by atoms with Gasteiger partial charge in [0, 0.05) is 18.7 Å². The van der Waals surface area contributed by atoms with Gasteiger partial charge in [-0.2, -0.15) is 10.1 Å². The second kappa shape index (κ2) is 8.38. The van der Waals surface area contributed by atoms with Gasteiger partial charge in [0.05, 0.1) is 19.8 Å². The third kappa shape index (κ3) is 3.86. The lowest BCUT2D eigenvalue weighted by atomic mass is 9.85. The Morgan fingerprint density at radius 1 is 1.00 bits per heavy atom. The number of hydroxylamine groups is 4. The number of benzene rings is 1. The van der Waals surface area contributed by atoms with Gasteiger partial charge in [-0.05, 0) is 63.1 Å². The number of hydrogen-bond acceptors (Lipinski definition) is 5. The van der Waals surface area contributed by atoms with Crippen molar-refractivity contribution in [2.24, 2.45) is 0 Å². The van der Waals surface area contributed by atoms with E-state index in [-0.39, 0.29) is 6.10 Å². The molecular weight excluding hydrogens is 364 g/mol. The predicted molar refractivity (Wildman–Crippen MR) is 115 cm³/mol. The van der Waals surface area contributed by atoms with Crippen LogP contribution in [0.5, 0.6) is 0 Å². The molecule has 1 spiro atoms. The van der Waals surface area contributed by atoms with E-state index in [4.69, 9.17) is 9.68 Å². The molecule has 2 aliphatic heterocycles. The fourth-order valence-corrected chi connectivity index (χ4v) is 5.64. The van der Waals surface area contributed by atoms with E-state index in [2.05, 4.69) is 38.0 Å². The molecule has 3 aliphatic rings. The molecule has 0 bridgehead atoms. The lowest BCUT2D eigenvalue weighted by Gasteiger charge is -2.44. The summed E-state index contributed by atoms with van der Waals surface area (Å²) in [5, 5.41) is 15.7. The van der Waals surface area contributed by atoms with E-state index in [9.17, 15) is 5.11 Å². The van der Waals surface area contributed by atoms with Crippen molar-refractivity contribution in [1.82, 2.24) is 10.1 Å². The number of piperidine rings is 1. The van der Waals surface area contributed by atoms with Crippen LogP contribution < -0.4 is 0 Å². The first-order chi connectivity index (χ1) is 13.9. The van der Waals surface area contributed by atoms with Crippen molar-refractivity contribution in [3.8, 4) is 0 Å². The van der Waals surface area contributed by atoms with Gasteiger partial charge in [0.15, 0.2) is 0 Å². The van der Waals surface area contributed by atoms with Crippen molar-refractivity contribution in [3.63, 3.8) is 0 Å². The summed E-state index contributed by atoms with van der Waals surface area (Å²) in [5.74, 6) is 0.513. The van der Waals surface area contributed by atoms with Gasteiger partial charge in [0.25, 0.3) is 0 Å². The fraction of sp³-hybridized carbons (Fsp3) is 0.667. The Hall–Kier alpha value is -1.40. The Labute approximate surface area is 175 Å². The number of aliphatic hydroxyl groups is 1. The quantitative estimate of drug-likeness (QED) is 0.782. The first-order valence-electron chi connectivity index (χ1n) is 11.2. The SMILES string of the molecule is CON1CCC2(CC1)C(O)=C(c1c(C)cc(C)cc1C)CN2OC1CCCCC1. The van der Waals surface area contributed by atoms with Crippen LogP contribution in [-0.2, 0) is 9.68 Å². The summed E-state index contributed by atoms with van der Waals surface area (Å²) >= 11 is 0. The molecule has 2 fully saturated rings. The third-order valence-electron chi connectivity index (χ3n) is 7.12. The molecule has 2 heterocycles. The lowest BCUT2D eigenvalue weighted by molar-refractivity contribution is -0.261. The molecule has 29 heavy (non-hydrogen) atoms. The maximum atomic E-state index is 11.6. The molecule has 0 unspecified atom stereocenters. The molecule has 0 aromatic heterocycles. The Kier molecular flexibility index (Phi) is 6.03. The maximum Gasteiger partial charge on any atom is 0.120 e. The summed E-state index contributed by atoms with van der Waals surface area (Å²) in [7, 11) is 1.73. The zero-order chi connectivity index (χ0) is 20.6. The summed E-state index contributed by atoms with van der Waals surface area (Å²) in [4.78, 5) is 12.1. The van der Waals surface area contributed by atoms with Gasteiger partial charge in [-0.1, -0.05) is 37.0 Å². The molecule has 160 valence electrons. The van der Waals surface area contributed by atoms with Crippen LogP contribution >= 0.6 is 0 Å². The number of nitrogens with zero attached hydrogens (tertiary/aromatic N) is 2. The highest BCUT2D eigenvalue weighted by Crippen LogP contribution is 2.46. The molecule has 0 amide bonds. The van der Waals surface area contributed by atoms with Gasteiger partial charge in [-0.15, -0.1) is 0 Å². The fourth-order valence-electron chi connectivity index (χ4n) is 5.64. The van der Waals surface area contributed by atoms with Crippen LogP contribution in [0.1, 0.15) is 67.2 Å². The van der Waals surface area contributed by atoms with Crippen LogP contribution in [0.3, 0.4) is 0 Å². The smallest absolute Gasteiger partial charge is 0.120 e. The molecular formula is C24H36N2O3. The second-order valence-electron chi connectivity index (χ2n) is 9.15. The first-order valence-corrected chi connectivity index (χ1v) is 11.2. The van der Waals surface area contributed by atoms with E-state index >= 15 is 0 Å². The van der Waals surface area contributed by atoms with Gasteiger partial charge in [-0.25, -0.2) is 0 Å². The van der Waals surface area contributed by atoms with Crippen molar-refractivity contribution in [2.75, 3.05) is 26.7 Å². The molecule has 1 saturated heterocycles. The molecule has 4 rings (SSSR count). The van der Waals surface area contributed by atoms with Crippen molar-refractivity contribution in [1.29, 1.82) is 0 Å². The Bertz CT molecular complexity index is 751. The molecule has 5 heteroatoms. The summed E-state index contributed by atoms with van der Waals surface area (Å²) in [6.07, 6.45) is 7.93. The summed E-state index contributed by atoms with van der Waals surface area (Å²) in [6.45, 7) is 8.68. The van der Waals surface area contributed by atoms with Gasteiger partial charge in [-0.3, -0.25) is 4.84 Å². The average Bonchev–Trinajstić information content (AvgIpc) is 2.95. The van der Waals surface area contributed by atoms with Crippen LogP contribution in [0.4, 0.5) is 0 Å². The maximum absolute atomic E-state index is 11.6. The molecule has 1 aliphatic carbocycles. The average molecular weight is 401 g/mol. The second-order valence-corrected chi connectivity index (χ2v) is 9.15. The number of hydrogen-bond donors (Lipinski definition) is 1. The highest BCUT2D eigenvalue weighted by molar-refractivity contribution is 5.77. The van der Waals surface area contributed by atoms with E-state index in [1.54, 1.807) is 7.11 Å². The van der Waals surface area contributed by atoms with E-state index in [1.165, 1.54) is 41.5 Å². The minimum absolute atomic E-state index is 0.272. The van der Waals surface area contributed by atoms with Gasteiger partial charge >= 0.3 is 0 Å². The molecule has 0 radical (unpaired) electrons. The minimum atomic E-state index is -0.439. The van der Waals surface area contributed by atoms with E-state index < -0.39 is 5.54 Å². The van der Waals surface area contributed by atoms with Crippen LogP contribution in [-0.4, -0.2) is 53.6 Å². The van der Waals surface area contributed by atoms with Crippen LogP contribution in [0.25, 0.3) is 5.57 Å². The third-order valence-corrected chi connectivity index (χ3v) is 7.12. The lowest BCUT2D eigenvalue weighted by Crippen LogP contribution is -2.54. The number of rotatable bonds is 4. The Morgan fingerprint density at radius 3 is 2.21 bits per heavy atom. The standard InChI is InChI=1S/C24H36N2O3/c1-17-14-18(2)22(19(3)15-17)21-16-26(29-20-8-6-5-7-9-20)24(23(21)27)10-12-25(28-4)13-11-24/h14-15,20,27H,5-13,16H2,1-4H3. The summed E-state index contributed by atoms with van der Waals surface area (Å²) < 4.78 is 0. The van der Waals surface area contributed by atoms with Crippen molar-refractivity contribution in [2.45, 2.75) is 77.4 Å². The van der Waals surface area contributed by atoms with Gasteiger partial charge in [0.1, 0.15) is 11.3 Å². The largest absolute Gasteiger partial charge is 0.510 e. The van der Waals surface area contributed by atoms with E-state index in [0.717, 1.165) is 44.3 Å². The zero-order valence-electron chi connectivity index (χ0n) is 18.5. The molecule has 0 atom stereocenters. The zero-order valence-corrected chi connectivity index (χ0v) is 18.5. The molecule has 1 aromatic carbocycles. The summed E-state index contributed by atoms with van der Waals surface area (Å²) in [5.41, 5.74) is 5.52. The number of aliphatic hydroxyl groups excluding tert-OH is 1. The summed E-state index contributed by atoms with van der Waals surface area (Å²) in [6, 6.07) is 4.43. The Balaban J connectivity index is 1.69. The Morgan fingerprint density at radius 2 is 1.62 bits per heavy atom. The number of aryl methyl sites for hydroxylation is 3. The molecule has 5 nitrogen and oxygen atoms in total. The van der Waals surface area contributed by atoms with Crippen LogP contribution in [0, 0.1) is 20.8 Å². The molecule has 1 aromatic rings. The normalized spacial score (nSPS) is 24.0. The van der Waals surface area contributed by atoms with Crippen molar-refractivity contribution >= 4 is 5.57 Å². The van der Waals surface area contributed by atoms with Gasteiger partial charge in [0.2, 0.25) is 0 Å². The van der Waals surface area contributed by atoms with E-state index in [1.807, 2.05) is 5.06 Å². The van der Waals surface area contributed by atoms with E-state index in [0.29, 0.717) is 12.3 Å². The molecule has 1 saturated carbocycles. The van der Waals surface area contributed by atoms with Crippen molar-refractivity contribution in [3.05, 3.63) is 40.1 Å². The van der Waals surface area contributed by atoms with Gasteiger partial charge < -0.3 is 9.94 Å². The highest BCUT2D eigenvalue weighted by Gasteiger charge is 2.51. The topological polar surface area (TPSA) is 45.2 Å². The monoisotopic (exact) mass is 400 g/mol. The minimum Gasteiger partial charge on any atom is -0.510 e. The van der Waals surface area contributed by atoms with Crippen LogP contribution in [0.2, 0.25) is 0 Å². The predicted octanol–water partition coefficient (Wildman–Crippen LogP) is 4.86. The first kappa shape index (κ1) is 20.9. The highest BCUT2D eigenvalue weighted by atomic mass is 16.7. The molecule has 1 N–H and O–H groups in total. The van der Waals surface area contributed by atoms with Crippen molar-refractivity contribution < 1.29 is 14.8 Å². The van der Waals surface area contributed by atoms with Crippen LogP contribution in [0.15, 0.2) is 17.9 Å².